The number of benzene rings is 3. The maximum absolute atomic E-state index is 13.9. The lowest BCUT2D eigenvalue weighted by atomic mass is 9.97. The van der Waals surface area contributed by atoms with Gasteiger partial charge in [-0.3, -0.25) is 4.79 Å². The SMILES string of the molecule is CCCc1c(Cc2ccc(-c3ccccc3C#N)cc2)c(=O)n(-c2ccc(OC)cc2)c2ncnn12. The first-order valence-electron chi connectivity index (χ1n) is 11.8. The van der Waals surface area contributed by atoms with Crippen molar-refractivity contribution in [1.29, 1.82) is 5.26 Å². The smallest absolute Gasteiger partial charge is 0.263 e. The van der Waals surface area contributed by atoms with Gasteiger partial charge >= 0.3 is 0 Å². The first kappa shape index (κ1) is 23.1. The van der Waals surface area contributed by atoms with Crippen LogP contribution in [-0.4, -0.2) is 26.3 Å². The largest absolute Gasteiger partial charge is 0.497 e. The standard InChI is InChI=1S/C29H25N5O2/c1-3-6-27-26(17-20-9-11-21(12-10-20)25-8-5-4-7-22(25)18-30)28(35)33(29-31-19-32-34(27)29)23-13-15-24(36-2)16-14-23/h4-5,7-16,19H,3,6,17H2,1-2H3. The molecular weight excluding hydrogens is 450 g/mol. The molecule has 2 heterocycles. The minimum absolute atomic E-state index is 0.108. The van der Waals surface area contributed by atoms with Crippen molar-refractivity contribution in [3.63, 3.8) is 0 Å². The van der Waals surface area contributed by atoms with Crippen LogP contribution < -0.4 is 10.3 Å². The topological polar surface area (TPSA) is 85.2 Å². The molecule has 7 heteroatoms. The average Bonchev–Trinajstić information content (AvgIpc) is 3.41. The third-order valence-electron chi connectivity index (χ3n) is 6.31. The maximum atomic E-state index is 13.9. The molecule has 0 aliphatic carbocycles. The number of aromatic nitrogens is 4. The number of nitrogens with zero attached hydrogens (tertiary/aromatic N) is 5. The van der Waals surface area contributed by atoms with Gasteiger partial charge in [0.25, 0.3) is 5.56 Å². The van der Waals surface area contributed by atoms with Crippen LogP contribution in [0.4, 0.5) is 0 Å². The van der Waals surface area contributed by atoms with Gasteiger partial charge in [0.1, 0.15) is 12.1 Å². The van der Waals surface area contributed by atoms with Gasteiger partial charge in [-0.15, -0.1) is 0 Å². The molecule has 0 aliphatic rings. The lowest BCUT2D eigenvalue weighted by molar-refractivity contribution is 0.414. The van der Waals surface area contributed by atoms with Gasteiger partial charge in [0, 0.05) is 12.0 Å². The van der Waals surface area contributed by atoms with Crippen molar-refractivity contribution >= 4 is 5.78 Å². The maximum Gasteiger partial charge on any atom is 0.263 e. The lowest BCUT2D eigenvalue weighted by Crippen LogP contribution is -2.28. The molecule has 178 valence electrons. The zero-order chi connectivity index (χ0) is 25.1. The summed E-state index contributed by atoms with van der Waals surface area (Å²) >= 11 is 0. The Morgan fingerprint density at radius 1 is 1.00 bits per heavy atom. The van der Waals surface area contributed by atoms with Crippen LogP contribution in [0, 0.1) is 11.3 Å². The number of fused-ring (bicyclic) bond motifs is 1. The quantitative estimate of drug-likeness (QED) is 0.332. The van der Waals surface area contributed by atoms with Crippen molar-refractivity contribution in [2.24, 2.45) is 0 Å². The molecule has 0 amide bonds. The highest BCUT2D eigenvalue weighted by atomic mass is 16.5. The van der Waals surface area contributed by atoms with Crippen molar-refractivity contribution in [2.45, 2.75) is 26.2 Å². The van der Waals surface area contributed by atoms with Crippen LogP contribution in [0.3, 0.4) is 0 Å². The van der Waals surface area contributed by atoms with E-state index in [0.29, 0.717) is 41.2 Å². The summed E-state index contributed by atoms with van der Waals surface area (Å²) in [6, 6.07) is 25.2. The number of hydrogen-bond acceptors (Lipinski definition) is 5. The fourth-order valence-electron chi connectivity index (χ4n) is 4.53. The Morgan fingerprint density at radius 3 is 2.44 bits per heavy atom. The summed E-state index contributed by atoms with van der Waals surface area (Å²) in [5, 5.41) is 13.9. The van der Waals surface area contributed by atoms with Crippen LogP contribution in [-0.2, 0) is 12.8 Å². The number of ether oxygens (including phenoxy) is 1. The Balaban J connectivity index is 1.61. The minimum atomic E-state index is -0.108. The van der Waals surface area contributed by atoms with E-state index in [1.165, 1.54) is 6.33 Å². The summed E-state index contributed by atoms with van der Waals surface area (Å²) in [6.07, 6.45) is 3.53. The van der Waals surface area contributed by atoms with Gasteiger partial charge in [0.2, 0.25) is 5.78 Å². The fourth-order valence-corrected chi connectivity index (χ4v) is 4.53. The average molecular weight is 476 g/mol. The van der Waals surface area contributed by atoms with Gasteiger partial charge in [0.05, 0.1) is 30.1 Å². The molecule has 0 fully saturated rings. The van der Waals surface area contributed by atoms with Crippen LogP contribution in [0.1, 0.15) is 35.7 Å². The molecule has 0 spiro atoms. The van der Waals surface area contributed by atoms with Crippen molar-refractivity contribution in [3.05, 3.63) is 112 Å². The Morgan fingerprint density at radius 2 is 1.75 bits per heavy atom. The van der Waals surface area contributed by atoms with Crippen LogP contribution >= 0.6 is 0 Å². The molecule has 0 N–H and O–H groups in total. The summed E-state index contributed by atoms with van der Waals surface area (Å²) in [6.45, 7) is 2.09. The van der Waals surface area contributed by atoms with Crippen molar-refractivity contribution in [3.8, 4) is 28.6 Å². The van der Waals surface area contributed by atoms with Crippen molar-refractivity contribution < 1.29 is 4.74 Å². The van der Waals surface area contributed by atoms with Crippen LogP contribution in [0.15, 0.2) is 83.9 Å². The Hall–Kier alpha value is -4.70. The minimum Gasteiger partial charge on any atom is -0.497 e. The molecular formula is C29H25N5O2. The van der Waals surface area contributed by atoms with Crippen molar-refractivity contribution in [1.82, 2.24) is 19.2 Å². The summed E-state index contributed by atoms with van der Waals surface area (Å²) in [7, 11) is 1.61. The van der Waals surface area contributed by atoms with E-state index in [-0.39, 0.29) is 5.56 Å². The number of rotatable bonds is 7. The van der Waals surface area contributed by atoms with E-state index in [4.69, 9.17) is 4.74 Å². The van der Waals surface area contributed by atoms with Crippen LogP contribution in [0.2, 0.25) is 0 Å². The second-order valence-corrected chi connectivity index (χ2v) is 8.52. The Kier molecular flexibility index (Phi) is 6.33. The first-order chi connectivity index (χ1) is 17.6. The predicted octanol–water partition coefficient (Wildman–Crippen LogP) is 4.97. The Labute approximate surface area is 208 Å². The molecule has 36 heavy (non-hydrogen) atoms. The number of aryl methyl sites for hydroxylation is 1. The third kappa shape index (κ3) is 4.14. The van der Waals surface area contributed by atoms with Gasteiger partial charge in [0.15, 0.2) is 0 Å². The molecule has 2 aromatic heterocycles. The lowest BCUT2D eigenvalue weighted by Gasteiger charge is -2.16. The highest BCUT2D eigenvalue weighted by Crippen LogP contribution is 2.25. The zero-order valence-corrected chi connectivity index (χ0v) is 20.2. The normalized spacial score (nSPS) is 10.9. The molecule has 0 unspecified atom stereocenters. The molecule has 5 rings (SSSR count). The molecule has 0 aliphatic heterocycles. The van der Waals surface area contributed by atoms with Crippen molar-refractivity contribution in [2.75, 3.05) is 7.11 Å². The predicted molar refractivity (Wildman–Crippen MR) is 139 cm³/mol. The van der Waals surface area contributed by atoms with Gasteiger partial charge in [-0.05, 0) is 53.4 Å². The number of hydrogen-bond donors (Lipinski definition) is 0. The van der Waals surface area contributed by atoms with Crippen LogP contribution in [0.25, 0.3) is 22.6 Å². The second-order valence-electron chi connectivity index (χ2n) is 8.52. The van der Waals surface area contributed by atoms with Gasteiger partial charge in [-0.1, -0.05) is 55.8 Å². The van der Waals surface area contributed by atoms with E-state index < -0.39 is 0 Å². The number of methoxy groups -OCH3 is 1. The second kappa shape index (κ2) is 9.88. The van der Waals surface area contributed by atoms with Gasteiger partial charge < -0.3 is 4.74 Å². The molecule has 7 nitrogen and oxygen atoms in total. The highest BCUT2D eigenvalue weighted by Gasteiger charge is 2.20. The zero-order valence-electron chi connectivity index (χ0n) is 20.2. The number of nitriles is 1. The van der Waals surface area contributed by atoms with E-state index in [1.807, 2.05) is 72.8 Å². The third-order valence-corrected chi connectivity index (χ3v) is 6.31. The molecule has 0 saturated heterocycles. The van der Waals surface area contributed by atoms with E-state index in [9.17, 15) is 10.1 Å². The van der Waals surface area contributed by atoms with E-state index >= 15 is 0 Å². The van der Waals surface area contributed by atoms with Crippen LogP contribution in [0.5, 0.6) is 5.75 Å². The van der Waals surface area contributed by atoms with E-state index in [1.54, 1.807) is 16.2 Å². The molecule has 0 bridgehead atoms. The molecule has 3 aromatic carbocycles. The summed E-state index contributed by atoms with van der Waals surface area (Å²) < 4.78 is 8.67. The Bertz CT molecular complexity index is 1620. The molecule has 0 atom stereocenters. The fraction of sp³-hybridized carbons (Fsp3) is 0.172. The summed E-state index contributed by atoms with van der Waals surface area (Å²) in [5.41, 5.74) is 5.65. The first-order valence-corrected chi connectivity index (χ1v) is 11.8. The van der Waals surface area contributed by atoms with Gasteiger partial charge in [-0.25, -0.2) is 9.08 Å². The van der Waals surface area contributed by atoms with E-state index in [0.717, 1.165) is 28.8 Å². The van der Waals surface area contributed by atoms with Gasteiger partial charge in [-0.2, -0.15) is 15.3 Å². The molecule has 5 aromatic rings. The summed E-state index contributed by atoms with van der Waals surface area (Å²) in [5.74, 6) is 1.20. The highest BCUT2D eigenvalue weighted by molar-refractivity contribution is 5.70. The molecule has 0 saturated carbocycles. The summed E-state index contributed by atoms with van der Waals surface area (Å²) in [4.78, 5) is 18.3. The molecule has 0 radical (unpaired) electrons. The van der Waals surface area contributed by atoms with E-state index in [2.05, 4.69) is 23.1 Å². The monoisotopic (exact) mass is 475 g/mol.